The summed E-state index contributed by atoms with van der Waals surface area (Å²) in [5, 5.41) is 0. The van der Waals surface area contributed by atoms with E-state index in [2.05, 4.69) is 0 Å². The Balaban J connectivity index is 1.59. The van der Waals surface area contributed by atoms with E-state index < -0.39 is 24.5 Å². The van der Waals surface area contributed by atoms with Gasteiger partial charge in [-0.2, -0.15) is 0 Å². The standard InChI is InChI=1S/C21H21NO7/c1-26-16-10-13(11-17(27-2)19(16)28-3)8-9-18(23)29-12-22-20(24)14-6-4-5-7-15(14)21(22)25/h4-7,10-11H,8-9,12H2,1-3H3. The van der Waals surface area contributed by atoms with Gasteiger partial charge < -0.3 is 18.9 Å². The Morgan fingerprint density at radius 1 is 0.897 bits per heavy atom. The second kappa shape index (κ2) is 8.64. The number of amides is 2. The smallest absolute Gasteiger partial charge is 0.307 e. The number of fused-ring (bicyclic) bond motifs is 1. The molecule has 2 amide bonds. The molecular weight excluding hydrogens is 378 g/mol. The van der Waals surface area contributed by atoms with E-state index >= 15 is 0 Å². The summed E-state index contributed by atoms with van der Waals surface area (Å²) >= 11 is 0. The second-order valence-electron chi connectivity index (χ2n) is 6.26. The Hall–Kier alpha value is -3.55. The number of imide groups is 1. The summed E-state index contributed by atoms with van der Waals surface area (Å²) in [5.41, 5.74) is 1.41. The molecule has 3 rings (SSSR count). The molecule has 8 nitrogen and oxygen atoms in total. The van der Waals surface area contributed by atoms with Crippen molar-refractivity contribution in [3.8, 4) is 17.2 Å². The molecular formula is C21H21NO7. The summed E-state index contributed by atoms with van der Waals surface area (Å²) in [6.45, 7) is -0.416. The zero-order chi connectivity index (χ0) is 21.0. The van der Waals surface area contributed by atoms with Crippen LogP contribution < -0.4 is 14.2 Å². The first-order valence-electron chi connectivity index (χ1n) is 8.89. The molecule has 2 aromatic carbocycles. The summed E-state index contributed by atoms with van der Waals surface area (Å²) in [6.07, 6.45) is 0.416. The van der Waals surface area contributed by atoms with E-state index in [4.69, 9.17) is 18.9 Å². The minimum atomic E-state index is -0.532. The lowest BCUT2D eigenvalue weighted by molar-refractivity contribution is -0.146. The zero-order valence-electron chi connectivity index (χ0n) is 16.4. The van der Waals surface area contributed by atoms with E-state index in [0.29, 0.717) is 34.8 Å². The molecule has 0 bridgehead atoms. The monoisotopic (exact) mass is 399 g/mol. The van der Waals surface area contributed by atoms with Crippen molar-refractivity contribution >= 4 is 17.8 Å². The minimum Gasteiger partial charge on any atom is -0.493 e. The fourth-order valence-electron chi connectivity index (χ4n) is 3.09. The van der Waals surface area contributed by atoms with Gasteiger partial charge in [0.25, 0.3) is 11.8 Å². The number of rotatable bonds is 8. The molecule has 2 aromatic rings. The highest BCUT2D eigenvalue weighted by Gasteiger charge is 2.35. The van der Waals surface area contributed by atoms with Crippen LogP contribution in [0.25, 0.3) is 0 Å². The lowest BCUT2D eigenvalue weighted by atomic mass is 10.1. The average molecular weight is 399 g/mol. The van der Waals surface area contributed by atoms with Gasteiger partial charge in [0.15, 0.2) is 18.2 Å². The number of esters is 1. The van der Waals surface area contributed by atoms with Crippen LogP contribution in [0.3, 0.4) is 0 Å². The van der Waals surface area contributed by atoms with Crippen LogP contribution in [-0.2, 0) is 16.0 Å². The molecule has 1 aliphatic rings. The van der Waals surface area contributed by atoms with Crippen molar-refractivity contribution < 1.29 is 33.3 Å². The fraction of sp³-hybridized carbons (Fsp3) is 0.286. The van der Waals surface area contributed by atoms with Crippen molar-refractivity contribution in [3.05, 3.63) is 53.1 Å². The molecule has 8 heteroatoms. The van der Waals surface area contributed by atoms with Crippen molar-refractivity contribution in [2.24, 2.45) is 0 Å². The predicted molar refractivity (Wildman–Crippen MR) is 102 cm³/mol. The quantitative estimate of drug-likeness (QED) is 0.497. The highest BCUT2D eigenvalue weighted by molar-refractivity contribution is 6.21. The number of methoxy groups -OCH3 is 3. The topological polar surface area (TPSA) is 91.4 Å². The van der Waals surface area contributed by atoms with Gasteiger partial charge in [-0.05, 0) is 36.2 Å². The third kappa shape index (κ3) is 4.01. The number of benzene rings is 2. The number of ether oxygens (including phenoxy) is 4. The van der Waals surface area contributed by atoms with Crippen LogP contribution in [0.15, 0.2) is 36.4 Å². The summed E-state index contributed by atoms with van der Waals surface area (Å²) in [4.78, 5) is 37.6. The largest absolute Gasteiger partial charge is 0.493 e. The summed E-state index contributed by atoms with van der Waals surface area (Å²) in [7, 11) is 4.53. The molecule has 0 N–H and O–H groups in total. The van der Waals surface area contributed by atoms with Crippen molar-refractivity contribution in [2.45, 2.75) is 12.8 Å². The van der Waals surface area contributed by atoms with Crippen LogP contribution in [-0.4, -0.2) is 50.7 Å². The predicted octanol–water partition coefficient (Wildman–Crippen LogP) is 2.44. The van der Waals surface area contributed by atoms with Gasteiger partial charge in [0.2, 0.25) is 5.75 Å². The minimum absolute atomic E-state index is 0.0573. The van der Waals surface area contributed by atoms with Crippen molar-refractivity contribution in [2.75, 3.05) is 28.1 Å². The van der Waals surface area contributed by atoms with E-state index in [-0.39, 0.29) is 6.42 Å². The molecule has 1 heterocycles. The first kappa shape index (κ1) is 20.2. The van der Waals surface area contributed by atoms with E-state index in [0.717, 1.165) is 10.5 Å². The first-order chi connectivity index (χ1) is 14.0. The normalized spacial score (nSPS) is 12.6. The number of nitrogens with zero attached hydrogens (tertiary/aromatic N) is 1. The van der Waals surface area contributed by atoms with Gasteiger partial charge in [-0.15, -0.1) is 0 Å². The van der Waals surface area contributed by atoms with Gasteiger partial charge >= 0.3 is 5.97 Å². The fourth-order valence-corrected chi connectivity index (χ4v) is 3.09. The molecule has 1 aliphatic heterocycles. The highest BCUT2D eigenvalue weighted by Crippen LogP contribution is 2.38. The Bertz CT molecular complexity index is 894. The van der Waals surface area contributed by atoms with Crippen LogP contribution in [0.1, 0.15) is 32.7 Å². The van der Waals surface area contributed by atoms with E-state index in [1.165, 1.54) is 21.3 Å². The lowest BCUT2D eigenvalue weighted by Gasteiger charge is -2.15. The molecule has 0 saturated carbocycles. The lowest BCUT2D eigenvalue weighted by Crippen LogP contribution is -2.33. The van der Waals surface area contributed by atoms with Crippen LogP contribution >= 0.6 is 0 Å². The van der Waals surface area contributed by atoms with Gasteiger partial charge in [0.1, 0.15) is 0 Å². The van der Waals surface area contributed by atoms with Crippen molar-refractivity contribution in [3.63, 3.8) is 0 Å². The van der Waals surface area contributed by atoms with E-state index in [9.17, 15) is 14.4 Å². The SMILES string of the molecule is COc1cc(CCC(=O)OCN2C(=O)c3ccccc3C2=O)cc(OC)c1OC. The molecule has 152 valence electrons. The molecule has 0 fully saturated rings. The Morgan fingerprint density at radius 2 is 1.45 bits per heavy atom. The Kier molecular flexibility index (Phi) is 6.01. The van der Waals surface area contributed by atoms with Crippen LogP contribution in [0, 0.1) is 0 Å². The van der Waals surface area contributed by atoms with Gasteiger partial charge in [-0.25, -0.2) is 4.90 Å². The molecule has 0 saturated heterocycles. The number of hydrogen-bond donors (Lipinski definition) is 0. The maximum absolute atomic E-state index is 12.3. The van der Waals surface area contributed by atoms with Crippen molar-refractivity contribution in [1.29, 1.82) is 0 Å². The number of carbonyl (C=O) groups is 3. The van der Waals surface area contributed by atoms with Gasteiger partial charge in [0.05, 0.1) is 32.5 Å². The van der Waals surface area contributed by atoms with E-state index in [1.807, 2.05) is 0 Å². The summed E-state index contributed by atoms with van der Waals surface area (Å²) < 4.78 is 21.0. The van der Waals surface area contributed by atoms with Gasteiger partial charge in [-0.3, -0.25) is 14.4 Å². The Labute approximate surface area is 167 Å². The summed E-state index contributed by atoms with van der Waals surface area (Å²) in [6, 6.07) is 10.00. The molecule has 29 heavy (non-hydrogen) atoms. The Morgan fingerprint density at radius 3 is 1.93 bits per heavy atom. The summed E-state index contributed by atoms with van der Waals surface area (Å²) in [5.74, 6) is -0.0317. The molecule has 0 unspecified atom stereocenters. The van der Waals surface area contributed by atoms with Gasteiger partial charge in [-0.1, -0.05) is 12.1 Å². The molecule has 0 spiro atoms. The van der Waals surface area contributed by atoms with Gasteiger partial charge in [0, 0.05) is 6.42 Å². The van der Waals surface area contributed by atoms with E-state index in [1.54, 1.807) is 36.4 Å². The van der Waals surface area contributed by atoms with Crippen LogP contribution in [0.4, 0.5) is 0 Å². The zero-order valence-corrected chi connectivity index (χ0v) is 16.4. The van der Waals surface area contributed by atoms with Crippen LogP contribution in [0.2, 0.25) is 0 Å². The number of hydrogen-bond acceptors (Lipinski definition) is 7. The maximum Gasteiger partial charge on any atom is 0.307 e. The van der Waals surface area contributed by atoms with Crippen LogP contribution in [0.5, 0.6) is 17.2 Å². The first-order valence-corrected chi connectivity index (χ1v) is 8.89. The third-order valence-electron chi connectivity index (χ3n) is 4.58. The maximum atomic E-state index is 12.3. The van der Waals surface area contributed by atoms with Crippen molar-refractivity contribution in [1.82, 2.24) is 4.90 Å². The molecule has 0 atom stereocenters. The second-order valence-corrected chi connectivity index (χ2v) is 6.26. The molecule has 0 aliphatic carbocycles. The number of carbonyl (C=O) groups excluding carboxylic acids is 3. The third-order valence-corrected chi connectivity index (χ3v) is 4.58. The number of aryl methyl sites for hydroxylation is 1. The molecule has 0 radical (unpaired) electrons. The molecule has 0 aromatic heterocycles. The average Bonchev–Trinajstić information content (AvgIpc) is 2.99. The highest BCUT2D eigenvalue weighted by atomic mass is 16.5.